The third kappa shape index (κ3) is 4.16. The minimum absolute atomic E-state index is 0.123. The highest BCUT2D eigenvalue weighted by molar-refractivity contribution is 7.99. The number of nitro groups is 1. The van der Waals surface area contributed by atoms with Crippen molar-refractivity contribution in [3.05, 3.63) is 46.4 Å². The molecule has 0 N–H and O–H groups in total. The molecule has 0 radical (unpaired) electrons. The number of sulfonamides is 1. The lowest BCUT2D eigenvalue weighted by Crippen LogP contribution is -2.40. The molecule has 0 spiro atoms. The molecule has 0 bridgehead atoms. The maximum Gasteiger partial charge on any atom is 0.284 e. The van der Waals surface area contributed by atoms with E-state index >= 15 is 0 Å². The molecule has 3 aromatic rings. The number of morpholine rings is 1. The third-order valence-electron chi connectivity index (χ3n) is 5.07. The molecule has 3 heterocycles. The Morgan fingerprint density at radius 1 is 1.22 bits per heavy atom. The summed E-state index contributed by atoms with van der Waals surface area (Å²) in [6.45, 7) is 5.27. The predicted octanol–water partition coefficient (Wildman–Crippen LogP) is 2.95. The first kappa shape index (κ1) is 22.5. The first-order chi connectivity index (χ1) is 15.3. The molecule has 1 fully saturated rings. The van der Waals surface area contributed by atoms with Crippen LogP contribution in [-0.4, -0.2) is 58.7 Å². The van der Waals surface area contributed by atoms with E-state index in [1.165, 1.54) is 16.4 Å². The summed E-state index contributed by atoms with van der Waals surface area (Å²) >= 11 is 1.06. The predicted molar refractivity (Wildman–Crippen MR) is 115 cm³/mol. The zero-order valence-electron chi connectivity index (χ0n) is 17.4. The Morgan fingerprint density at radius 3 is 2.59 bits per heavy atom. The highest BCUT2D eigenvalue weighted by atomic mass is 32.2. The van der Waals surface area contributed by atoms with Gasteiger partial charge in [-0.1, -0.05) is 0 Å². The summed E-state index contributed by atoms with van der Waals surface area (Å²) in [4.78, 5) is 11.3. The largest absolute Gasteiger partial charge is 0.469 e. The Kier molecular flexibility index (Phi) is 6.33. The lowest BCUT2D eigenvalue weighted by molar-refractivity contribution is -0.388. The Morgan fingerprint density at radius 2 is 1.97 bits per heavy atom. The smallest absolute Gasteiger partial charge is 0.284 e. The van der Waals surface area contributed by atoms with Crippen molar-refractivity contribution >= 4 is 27.5 Å². The summed E-state index contributed by atoms with van der Waals surface area (Å²) in [7, 11) is -3.85. The van der Waals surface area contributed by atoms with Crippen LogP contribution in [0.5, 0.6) is 0 Å². The molecular weight excluding hydrogens is 458 g/mol. The fourth-order valence-electron chi connectivity index (χ4n) is 3.39. The molecule has 1 aliphatic rings. The summed E-state index contributed by atoms with van der Waals surface area (Å²) in [5.41, 5.74) is 0.476. The van der Waals surface area contributed by atoms with Gasteiger partial charge in [-0.25, -0.2) is 8.42 Å². The van der Waals surface area contributed by atoms with Gasteiger partial charge in [0.05, 0.1) is 39.8 Å². The lowest BCUT2D eigenvalue weighted by atomic mass is 10.2. The molecule has 13 heteroatoms. The molecule has 0 unspecified atom stereocenters. The molecule has 0 amide bonds. The molecule has 32 heavy (non-hydrogen) atoms. The van der Waals surface area contributed by atoms with Crippen LogP contribution in [0.25, 0.3) is 11.4 Å². The highest BCUT2D eigenvalue weighted by Gasteiger charge is 2.29. The number of aryl methyl sites for hydroxylation is 1. The third-order valence-corrected chi connectivity index (χ3v) is 8.01. The van der Waals surface area contributed by atoms with Crippen molar-refractivity contribution in [2.24, 2.45) is 0 Å². The van der Waals surface area contributed by atoms with Gasteiger partial charge in [-0.2, -0.15) is 4.31 Å². The van der Waals surface area contributed by atoms with Crippen molar-refractivity contribution in [1.29, 1.82) is 0 Å². The zero-order valence-corrected chi connectivity index (χ0v) is 19.1. The van der Waals surface area contributed by atoms with Crippen LogP contribution in [0, 0.1) is 17.0 Å². The highest BCUT2D eigenvalue weighted by Crippen LogP contribution is 2.37. The maximum absolute atomic E-state index is 12.9. The van der Waals surface area contributed by atoms with E-state index in [2.05, 4.69) is 10.2 Å². The van der Waals surface area contributed by atoms with Crippen molar-refractivity contribution in [2.75, 3.05) is 26.3 Å². The second kappa shape index (κ2) is 9.02. The normalized spacial score (nSPS) is 15.2. The molecule has 11 nitrogen and oxygen atoms in total. The van der Waals surface area contributed by atoms with Crippen LogP contribution in [0.1, 0.15) is 12.7 Å². The van der Waals surface area contributed by atoms with Crippen LogP contribution in [0.15, 0.2) is 49.9 Å². The van der Waals surface area contributed by atoms with Crippen LogP contribution in [0.2, 0.25) is 0 Å². The van der Waals surface area contributed by atoms with Crippen LogP contribution in [0.4, 0.5) is 5.69 Å². The molecule has 4 rings (SSSR count). The first-order valence-corrected chi connectivity index (χ1v) is 12.1. The van der Waals surface area contributed by atoms with Crippen LogP contribution in [0.3, 0.4) is 0 Å². The van der Waals surface area contributed by atoms with E-state index in [1.807, 2.05) is 18.4 Å². The fraction of sp³-hybridized carbons (Fsp3) is 0.368. The molecule has 2 aromatic heterocycles. The quantitative estimate of drug-likeness (QED) is 0.370. The van der Waals surface area contributed by atoms with Gasteiger partial charge in [-0.15, -0.1) is 10.2 Å². The lowest BCUT2D eigenvalue weighted by Gasteiger charge is -2.26. The summed E-state index contributed by atoms with van der Waals surface area (Å²) in [5.74, 6) is 1.28. The summed E-state index contributed by atoms with van der Waals surface area (Å²) in [6, 6.07) is 5.70. The topological polar surface area (TPSA) is 134 Å². The second-order valence-corrected chi connectivity index (χ2v) is 9.89. The maximum atomic E-state index is 12.9. The van der Waals surface area contributed by atoms with Crippen molar-refractivity contribution in [2.45, 2.75) is 35.3 Å². The number of ether oxygens (including phenoxy) is 1. The average Bonchev–Trinajstić information content (AvgIpc) is 3.39. The number of furan rings is 1. The van der Waals surface area contributed by atoms with Gasteiger partial charge in [0.15, 0.2) is 11.0 Å². The molecule has 1 aliphatic heterocycles. The molecular formula is C19H21N5O6S2. The molecule has 0 aliphatic carbocycles. The molecule has 1 aromatic carbocycles. The number of nitrogens with zero attached hydrogens (tertiary/aromatic N) is 5. The number of nitro benzene ring substituents is 1. The van der Waals surface area contributed by atoms with E-state index in [4.69, 9.17) is 9.15 Å². The van der Waals surface area contributed by atoms with Gasteiger partial charge < -0.3 is 13.7 Å². The van der Waals surface area contributed by atoms with Crippen molar-refractivity contribution in [3.63, 3.8) is 0 Å². The first-order valence-electron chi connectivity index (χ1n) is 9.84. The van der Waals surface area contributed by atoms with Crippen LogP contribution < -0.4 is 0 Å². The minimum Gasteiger partial charge on any atom is -0.469 e. The van der Waals surface area contributed by atoms with E-state index in [1.54, 1.807) is 12.3 Å². The van der Waals surface area contributed by atoms with Gasteiger partial charge in [-0.05, 0) is 43.8 Å². The van der Waals surface area contributed by atoms with E-state index in [9.17, 15) is 18.5 Å². The van der Waals surface area contributed by atoms with E-state index in [0.717, 1.165) is 23.4 Å². The van der Waals surface area contributed by atoms with Gasteiger partial charge in [0.25, 0.3) is 5.69 Å². The van der Waals surface area contributed by atoms with Crippen molar-refractivity contribution < 1.29 is 22.5 Å². The Bertz CT molecular complexity index is 1250. The zero-order chi connectivity index (χ0) is 22.9. The number of rotatable bonds is 7. The standard InChI is InChI=1S/C19H21N5O6S2/c1-3-23-18(15-6-9-30-13(15)2)20-21-19(23)31-17-5-4-14(12-16(17)24(25)26)32(27,28)22-7-10-29-11-8-22/h4-6,9,12H,3,7-8,10-11H2,1-2H3. The monoisotopic (exact) mass is 479 g/mol. The molecule has 0 saturated carbocycles. The summed E-state index contributed by atoms with van der Waals surface area (Å²) in [5, 5.41) is 20.6. The number of aromatic nitrogens is 3. The molecule has 0 atom stereocenters. The van der Waals surface area contributed by atoms with Crippen molar-refractivity contribution in [3.8, 4) is 11.4 Å². The van der Waals surface area contributed by atoms with Gasteiger partial charge in [0, 0.05) is 25.7 Å². The molecule has 170 valence electrons. The Hall–Kier alpha value is -2.74. The van der Waals surface area contributed by atoms with Gasteiger partial charge in [-0.3, -0.25) is 10.1 Å². The second-order valence-electron chi connectivity index (χ2n) is 6.95. The van der Waals surface area contributed by atoms with Gasteiger partial charge in [0.2, 0.25) is 10.0 Å². The Balaban J connectivity index is 1.69. The molecule has 1 saturated heterocycles. The van der Waals surface area contributed by atoms with Crippen LogP contribution in [-0.2, 0) is 21.3 Å². The number of benzene rings is 1. The van der Waals surface area contributed by atoms with E-state index in [0.29, 0.717) is 36.5 Å². The Labute approximate surface area is 188 Å². The number of hydrogen-bond acceptors (Lipinski definition) is 9. The fourth-order valence-corrected chi connectivity index (χ4v) is 5.79. The van der Waals surface area contributed by atoms with E-state index in [-0.39, 0.29) is 28.6 Å². The van der Waals surface area contributed by atoms with Gasteiger partial charge in [0.1, 0.15) is 5.76 Å². The van der Waals surface area contributed by atoms with Gasteiger partial charge >= 0.3 is 0 Å². The average molecular weight is 480 g/mol. The van der Waals surface area contributed by atoms with Crippen molar-refractivity contribution in [1.82, 2.24) is 19.1 Å². The van der Waals surface area contributed by atoms with Crippen LogP contribution >= 0.6 is 11.8 Å². The number of hydrogen-bond donors (Lipinski definition) is 0. The summed E-state index contributed by atoms with van der Waals surface area (Å²) in [6.07, 6.45) is 1.56. The van der Waals surface area contributed by atoms with E-state index < -0.39 is 14.9 Å². The SMILES string of the molecule is CCn1c(Sc2ccc(S(=O)(=O)N3CCOCC3)cc2[N+](=O)[O-])nnc1-c1ccoc1C. The minimum atomic E-state index is -3.85. The summed E-state index contributed by atoms with van der Waals surface area (Å²) < 4.78 is 39.4.